The molecule has 2 unspecified atom stereocenters. The molecule has 0 saturated carbocycles. The molecule has 5 nitrogen and oxygen atoms in total. The van der Waals surface area contributed by atoms with Gasteiger partial charge in [-0.2, -0.15) is 11.3 Å². The molecule has 1 heterocycles. The molecule has 3 aromatic rings. The monoisotopic (exact) mass is 484 g/mol. The minimum Gasteiger partial charge on any atom is -0.489 e. The molecule has 0 aliphatic heterocycles. The highest BCUT2D eigenvalue weighted by atomic mass is 32.1. The number of aliphatic hydroxyl groups excluding tert-OH is 2. The summed E-state index contributed by atoms with van der Waals surface area (Å²) in [7, 11) is 0. The largest absolute Gasteiger partial charge is 0.489 e. The van der Waals surface area contributed by atoms with Crippen LogP contribution in [-0.2, 0) is 11.4 Å². The molecule has 2 atom stereocenters. The first kappa shape index (κ1) is 25.6. The Morgan fingerprint density at radius 2 is 1.88 bits per heavy atom. The Morgan fingerprint density at radius 1 is 1.15 bits per heavy atom. The van der Waals surface area contributed by atoms with Gasteiger partial charge in [0, 0.05) is 6.42 Å². The van der Waals surface area contributed by atoms with Crippen molar-refractivity contribution in [2.24, 2.45) is 0 Å². The fraction of sp³-hybridized carbons (Fsp3) is 0.296. The van der Waals surface area contributed by atoms with Crippen molar-refractivity contribution in [2.45, 2.75) is 51.4 Å². The van der Waals surface area contributed by atoms with Crippen LogP contribution in [0.1, 0.15) is 49.3 Å². The van der Waals surface area contributed by atoms with Gasteiger partial charge in [-0.15, -0.1) is 0 Å². The second-order valence-corrected chi connectivity index (χ2v) is 9.25. The number of thiophene rings is 1. The molecule has 0 spiro atoms. The SMILES string of the molecule is CC(C)c1cc(OCc2ccsc2)cc(-c2ccc(F)cc2)c1C=CC(O)CC(O)CC(=O)O. The van der Waals surface area contributed by atoms with Gasteiger partial charge in [-0.3, -0.25) is 4.79 Å². The summed E-state index contributed by atoms with van der Waals surface area (Å²) in [6, 6.07) is 12.1. The summed E-state index contributed by atoms with van der Waals surface area (Å²) < 4.78 is 19.7. The van der Waals surface area contributed by atoms with Gasteiger partial charge in [0.15, 0.2) is 0 Å². The van der Waals surface area contributed by atoms with Crippen LogP contribution in [0.25, 0.3) is 17.2 Å². The van der Waals surface area contributed by atoms with Crippen LogP contribution in [0.15, 0.2) is 59.3 Å². The van der Waals surface area contributed by atoms with Crippen molar-refractivity contribution in [1.82, 2.24) is 0 Å². The smallest absolute Gasteiger partial charge is 0.305 e. The maximum Gasteiger partial charge on any atom is 0.305 e. The molecule has 0 saturated heterocycles. The molecule has 34 heavy (non-hydrogen) atoms. The Hall–Kier alpha value is -3.00. The van der Waals surface area contributed by atoms with E-state index in [0.29, 0.717) is 12.4 Å². The lowest BCUT2D eigenvalue weighted by molar-refractivity contribution is -0.139. The zero-order chi connectivity index (χ0) is 24.7. The number of carboxylic acids is 1. The van der Waals surface area contributed by atoms with Gasteiger partial charge in [0.1, 0.15) is 18.2 Å². The third kappa shape index (κ3) is 7.25. The molecular weight excluding hydrogens is 455 g/mol. The second-order valence-electron chi connectivity index (χ2n) is 8.47. The van der Waals surface area contributed by atoms with Gasteiger partial charge in [0.2, 0.25) is 0 Å². The first-order chi connectivity index (χ1) is 16.2. The lowest BCUT2D eigenvalue weighted by Crippen LogP contribution is -2.19. The van der Waals surface area contributed by atoms with E-state index in [1.54, 1.807) is 35.6 Å². The number of benzene rings is 2. The van der Waals surface area contributed by atoms with Gasteiger partial charge in [-0.25, -0.2) is 4.39 Å². The van der Waals surface area contributed by atoms with Gasteiger partial charge < -0.3 is 20.1 Å². The number of rotatable bonds is 11. The minimum absolute atomic E-state index is 0.0898. The van der Waals surface area contributed by atoms with Gasteiger partial charge >= 0.3 is 5.97 Å². The van der Waals surface area contributed by atoms with E-state index in [0.717, 1.165) is 27.8 Å². The van der Waals surface area contributed by atoms with Gasteiger partial charge in [-0.05, 0) is 74.8 Å². The molecule has 7 heteroatoms. The van der Waals surface area contributed by atoms with Crippen molar-refractivity contribution in [3.63, 3.8) is 0 Å². The van der Waals surface area contributed by atoms with E-state index in [9.17, 15) is 19.4 Å². The average Bonchev–Trinajstić information content (AvgIpc) is 3.29. The van der Waals surface area contributed by atoms with Crippen molar-refractivity contribution in [2.75, 3.05) is 0 Å². The average molecular weight is 485 g/mol. The highest BCUT2D eigenvalue weighted by Gasteiger charge is 2.17. The van der Waals surface area contributed by atoms with Crippen LogP contribution in [0.3, 0.4) is 0 Å². The molecule has 3 N–H and O–H groups in total. The van der Waals surface area contributed by atoms with Crippen molar-refractivity contribution < 1.29 is 29.2 Å². The van der Waals surface area contributed by atoms with Crippen LogP contribution in [0.5, 0.6) is 5.75 Å². The number of carbonyl (C=O) groups is 1. The van der Waals surface area contributed by atoms with Crippen LogP contribution < -0.4 is 4.74 Å². The van der Waals surface area contributed by atoms with Crippen LogP contribution >= 0.6 is 11.3 Å². The summed E-state index contributed by atoms with van der Waals surface area (Å²) in [5, 5.41) is 33.0. The van der Waals surface area contributed by atoms with Crippen molar-refractivity contribution >= 4 is 23.4 Å². The van der Waals surface area contributed by atoms with Crippen LogP contribution in [0.2, 0.25) is 0 Å². The topological polar surface area (TPSA) is 87.0 Å². The third-order valence-electron chi connectivity index (χ3n) is 5.36. The zero-order valence-electron chi connectivity index (χ0n) is 19.1. The number of carboxylic acid groups (broad SMARTS) is 1. The normalized spacial score (nSPS) is 13.4. The Bertz CT molecular complexity index is 1110. The Labute approximate surface area is 202 Å². The molecule has 2 aromatic carbocycles. The molecule has 1 aromatic heterocycles. The fourth-order valence-electron chi connectivity index (χ4n) is 3.65. The highest BCUT2D eigenvalue weighted by Crippen LogP contribution is 2.36. The Balaban J connectivity index is 1.97. The predicted octanol–water partition coefficient (Wildman–Crippen LogP) is 5.86. The van der Waals surface area contributed by atoms with Gasteiger partial charge in [0.05, 0.1) is 18.6 Å². The van der Waals surface area contributed by atoms with E-state index >= 15 is 0 Å². The second kappa shape index (κ2) is 11.9. The first-order valence-corrected chi connectivity index (χ1v) is 12.0. The molecule has 0 bridgehead atoms. The fourth-order valence-corrected chi connectivity index (χ4v) is 4.31. The molecule has 0 amide bonds. The maximum absolute atomic E-state index is 13.6. The zero-order valence-corrected chi connectivity index (χ0v) is 20.0. The van der Waals surface area contributed by atoms with Crippen LogP contribution in [0.4, 0.5) is 4.39 Å². The van der Waals surface area contributed by atoms with E-state index in [4.69, 9.17) is 9.84 Å². The lowest BCUT2D eigenvalue weighted by Gasteiger charge is -2.19. The number of aliphatic carboxylic acids is 1. The van der Waals surface area contributed by atoms with E-state index in [-0.39, 0.29) is 18.2 Å². The van der Waals surface area contributed by atoms with Gasteiger partial charge in [-0.1, -0.05) is 38.1 Å². The van der Waals surface area contributed by atoms with Crippen molar-refractivity contribution in [3.8, 4) is 16.9 Å². The van der Waals surface area contributed by atoms with E-state index < -0.39 is 24.6 Å². The molecular formula is C27H29FO5S. The number of ether oxygens (including phenoxy) is 1. The summed E-state index contributed by atoms with van der Waals surface area (Å²) in [6.45, 7) is 4.53. The Morgan fingerprint density at radius 3 is 2.50 bits per heavy atom. The molecule has 0 fully saturated rings. The first-order valence-electron chi connectivity index (χ1n) is 11.1. The predicted molar refractivity (Wildman–Crippen MR) is 132 cm³/mol. The van der Waals surface area contributed by atoms with E-state index in [1.807, 2.05) is 29.0 Å². The quantitative estimate of drug-likeness (QED) is 0.318. The number of aliphatic hydroxyl groups is 2. The molecule has 0 aliphatic carbocycles. The van der Waals surface area contributed by atoms with Crippen LogP contribution in [0, 0.1) is 5.82 Å². The summed E-state index contributed by atoms with van der Waals surface area (Å²) in [5.74, 6) is -0.651. The van der Waals surface area contributed by atoms with Crippen LogP contribution in [-0.4, -0.2) is 33.5 Å². The summed E-state index contributed by atoms with van der Waals surface area (Å²) in [6.07, 6.45) is 0.628. The minimum atomic E-state index is -1.15. The van der Waals surface area contributed by atoms with Gasteiger partial charge in [0.25, 0.3) is 0 Å². The van der Waals surface area contributed by atoms with E-state index in [2.05, 4.69) is 13.8 Å². The Kier molecular flexibility index (Phi) is 8.98. The summed E-state index contributed by atoms with van der Waals surface area (Å²) >= 11 is 1.60. The number of hydrogen-bond donors (Lipinski definition) is 3. The van der Waals surface area contributed by atoms with E-state index in [1.165, 1.54) is 12.1 Å². The highest BCUT2D eigenvalue weighted by molar-refractivity contribution is 7.07. The maximum atomic E-state index is 13.6. The summed E-state index contributed by atoms with van der Waals surface area (Å²) in [5.41, 5.74) is 4.52. The summed E-state index contributed by atoms with van der Waals surface area (Å²) in [4.78, 5) is 10.8. The molecule has 0 radical (unpaired) electrons. The number of halogens is 1. The molecule has 180 valence electrons. The van der Waals surface area contributed by atoms with Crippen molar-refractivity contribution in [3.05, 3.63) is 81.8 Å². The molecule has 3 rings (SSSR count). The molecule has 0 aliphatic rings. The third-order valence-corrected chi connectivity index (χ3v) is 6.09. The number of hydrogen-bond acceptors (Lipinski definition) is 5. The lowest BCUT2D eigenvalue weighted by atomic mass is 9.89. The standard InChI is InChI=1S/C27H29FO5S/c1-17(2)25-13-23(33-15-18-9-10-34-16-18)14-26(19-3-5-20(28)6-4-19)24(25)8-7-21(29)11-22(30)12-27(31)32/h3-10,13-14,16-17,21-22,29-30H,11-12,15H2,1-2H3,(H,31,32). The van der Waals surface area contributed by atoms with Crippen molar-refractivity contribution in [1.29, 1.82) is 0 Å².